The molecule has 1 N–H and O–H groups in total. The molecule has 2 atom stereocenters. The second kappa shape index (κ2) is 3.73. The van der Waals surface area contributed by atoms with Gasteiger partial charge in [0.25, 0.3) is 0 Å². The third-order valence-electron chi connectivity index (χ3n) is 1.94. The van der Waals surface area contributed by atoms with E-state index in [1.807, 2.05) is 0 Å². The molecule has 1 heterocycles. The fraction of sp³-hybridized carbons (Fsp3) is 1.00. The van der Waals surface area contributed by atoms with Gasteiger partial charge in [0.1, 0.15) is 0 Å². The molecule has 12 heavy (non-hydrogen) atoms. The molecule has 1 fully saturated rings. The maximum absolute atomic E-state index is 8.89. The molecule has 1 rings (SSSR count). The maximum Gasteiger partial charge on any atom is 0.162 e. The maximum atomic E-state index is 8.89. The van der Waals surface area contributed by atoms with Gasteiger partial charge in [-0.15, -0.1) is 0 Å². The smallest absolute Gasteiger partial charge is 0.162 e. The number of rotatable bonds is 1. The summed E-state index contributed by atoms with van der Waals surface area (Å²) in [5, 5.41) is 8.89. The summed E-state index contributed by atoms with van der Waals surface area (Å²) < 4.78 is 11.0. The molecule has 0 aliphatic carbocycles. The number of hydrogen-bond donors (Lipinski definition) is 1. The second-order valence-corrected chi connectivity index (χ2v) is 4.30. The van der Waals surface area contributed by atoms with E-state index in [9.17, 15) is 0 Å². The quantitative estimate of drug-likeness (QED) is 0.648. The monoisotopic (exact) mass is 174 g/mol. The summed E-state index contributed by atoms with van der Waals surface area (Å²) in [6.07, 6.45) is 0.578. The van der Waals surface area contributed by atoms with E-state index in [0.29, 0.717) is 6.61 Å². The van der Waals surface area contributed by atoms with Crippen molar-refractivity contribution in [2.45, 2.75) is 39.6 Å². The minimum Gasteiger partial charge on any atom is -0.394 e. The largest absolute Gasteiger partial charge is 0.394 e. The molecule has 0 aromatic carbocycles. The van der Waals surface area contributed by atoms with Crippen LogP contribution in [-0.2, 0) is 9.47 Å². The Balaban J connectivity index is 2.46. The molecule has 1 unspecified atom stereocenters. The Kier molecular flexibility index (Phi) is 3.09. The molecule has 0 radical (unpaired) electrons. The van der Waals surface area contributed by atoms with Crippen LogP contribution in [0.5, 0.6) is 0 Å². The summed E-state index contributed by atoms with van der Waals surface area (Å²) in [6.45, 7) is 6.98. The lowest BCUT2D eigenvalue weighted by molar-refractivity contribution is -0.257. The molecular formula is C9H18O3. The first-order valence-electron chi connectivity index (χ1n) is 4.42. The van der Waals surface area contributed by atoms with Gasteiger partial charge in [-0.2, -0.15) is 0 Å². The number of ether oxygens (including phenoxy) is 2. The van der Waals surface area contributed by atoms with Crippen LogP contribution >= 0.6 is 0 Å². The molecule has 0 saturated carbocycles. The van der Waals surface area contributed by atoms with Crippen LogP contribution in [-0.4, -0.2) is 30.7 Å². The molecule has 0 amide bonds. The summed E-state index contributed by atoms with van der Waals surface area (Å²) in [5.74, 6) is 0. The van der Waals surface area contributed by atoms with Gasteiger partial charge < -0.3 is 14.6 Å². The predicted molar refractivity (Wildman–Crippen MR) is 45.8 cm³/mol. The lowest BCUT2D eigenvalue weighted by Crippen LogP contribution is -2.41. The summed E-state index contributed by atoms with van der Waals surface area (Å²) in [5.41, 5.74) is -0.00611. The fourth-order valence-corrected chi connectivity index (χ4v) is 1.18. The molecule has 0 spiro atoms. The van der Waals surface area contributed by atoms with Gasteiger partial charge in [0, 0.05) is 5.41 Å². The third kappa shape index (κ3) is 2.44. The Morgan fingerprint density at radius 1 is 1.42 bits per heavy atom. The van der Waals surface area contributed by atoms with Crippen LogP contribution in [0.4, 0.5) is 0 Å². The lowest BCUT2D eigenvalue weighted by atomic mass is 9.95. The third-order valence-corrected chi connectivity index (χ3v) is 1.94. The molecule has 3 heteroatoms. The van der Waals surface area contributed by atoms with Gasteiger partial charge in [0.15, 0.2) is 6.29 Å². The molecule has 0 aromatic rings. The predicted octanol–water partition coefficient (Wildman–Crippen LogP) is 1.16. The summed E-state index contributed by atoms with van der Waals surface area (Å²) in [4.78, 5) is 0. The first-order chi connectivity index (χ1) is 5.54. The topological polar surface area (TPSA) is 38.7 Å². The van der Waals surface area contributed by atoms with Crippen molar-refractivity contribution in [1.82, 2.24) is 0 Å². The standard InChI is InChI=1S/C9H18O3/c1-9(2,3)8-11-5-4-7(6-10)12-8/h7-8,10H,4-6H2,1-3H3/t7?,8-/m1/s1. The van der Waals surface area contributed by atoms with Gasteiger partial charge in [-0.25, -0.2) is 0 Å². The molecule has 1 saturated heterocycles. The van der Waals surface area contributed by atoms with Crippen molar-refractivity contribution >= 4 is 0 Å². The Morgan fingerprint density at radius 3 is 2.58 bits per heavy atom. The number of aliphatic hydroxyl groups is 1. The van der Waals surface area contributed by atoms with Crippen molar-refractivity contribution in [3.8, 4) is 0 Å². The Bertz CT molecular complexity index is 139. The van der Waals surface area contributed by atoms with Crippen LogP contribution in [0, 0.1) is 5.41 Å². The Morgan fingerprint density at radius 2 is 2.08 bits per heavy atom. The highest BCUT2D eigenvalue weighted by Crippen LogP contribution is 2.27. The second-order valence-electron chi connectivity index (χ2n) is 4.30. The van der Waals surface area contributed by atoms with E-state index in [1.165, 1.54) is 0 Å². The molecule has 3 nitrogen and oxygen atoms in total. The van der Waals surface area contributed by atoms with Crippen molar-refractivity contribution in [3.63, 3.8) is 0 Å². The van der Waals surface area contributed by atoms with E-state index in [2.05, 4.69) is 20.8 Å². The highest BCUT2D eigenvalue weighted by Gasteiger charge is 2.31. The van der Waals surface area contributed by atoms with Gasteiger partial charge in [0.05, 0.1) is 19.3 Å². The van der Waals surface area contributed by atoms with Crippen molar-refractivity contribution in [2.24, 2.45) is 5.41 Å². The van der Waals surface area contributed by atoms with Gasteiger partial charge in [-0.1, -0.05) is 20.8 Å². The van der Waals surface area contributed by atoms with E-state index in [-0.39, 0.29) is 24.4 Å². The lowest BCUT2D eigenvalue weighted by Gasteiger charge is -2.37. The number of aliphatic hydroxyl groups excluding tert-OH is 1. The molecule has 0 bridgehead atoms. The molecular weight excluding hydrogens is 156 g/mol. The van der Waals surface area contributed by atoms with Crippen LogP contribution in [0.25, 0.3) is 0 Å². The van der Waals surface area contributed by atoms with Crippen molar-refractivity contribution in [2.75, 3.05) is 13.2 Å². The van der Waals surface area contributed by atoms with Gasteiger partial charge in [-0.05, 0) is 6.42 Å². The van der Waals surface area contributed by atoms with Crippen LogP contribution in [0.15, 0.2) is 0 Å². The highest BCUT2D eigenvalue weighted by molar-refractivity contribution is 4.72. The van der Waals surface area contributed by atoms with Gasteiger partial charge in [-0.3, -0.25) is 0 Å². The van der Waals surface area contributed by atoms with Crippen LogP contribution in [0.3, 0.4) is 0 Å². The minimum atomic E-state index is -0.177. The SMILES string of the molecule is CC(C)(C)[C@@H]1OCCC(CO)O1. The molecule has 72 valence electrons. The van der Waals surface area contributed by atoms with Gasteiger partial charge in [0.2, 0.25) is 0 Å². The van der Waals surface area contributed by atoms with Crippen LogP contribution in [0.2, 0.25) is 0 Å². The highest BCUT2D eigenvalue weighted by atomic mass is 16.7. The van der Waals surface area contributed by atoms with Crippen molar-refractivity contribution < 1.29 is 14.6 Å². The zero-order valence-corrected chi connectivity index (χ0v) is 8.04. The van der Waals surface area contributed by atoms with Crippen molar-refractivity contribution in [3.05, 3.63) is 0 Å². The number of hydrogen-bond acceptors (Lipinski definition) is 3. The van der Waals surface area contributed by atoms with E-state index in [0.717, 1.165) is 6.42 Å². The molecule has 1 aliphatic heterocycles. The summed E-state index contributed by atoms with van der Waals surface area (Å²) in [6, 6.07) is 0. The van der Waals surface area contributed by atoms with Gasteiger partial charge >= 0.3 is 0 Å². The molecule has 1 aliphatic rings. The van der Waals surface area contributed by atoms with E-state index in [1.54, 1.807) is 0 Å². The normalized spacial score (nSPS) is 32.0. The fourth-order valence-electron chi connectivity index (χ4n) is 1.18. The minimum absolute atomic E-state index is 0.00611. The Labute approximate surface area is 73.7 Å². The average molecular weight is 174 g/mol. The first-order valence-corrected chi connectivity index (χ1v) is 4.42. The Hall–Kier alpha value is -0.120. The average Bonchev–Trinajstić information content (AvgIpc) is 2.03. The summed E-state index contributed by atoms with van der Waals surface area (Å²) >= 11 is 0. The summed E-state index contributed by atoms with van der Waals surface area (Å²) in [7, 11) is 0. The van der Waals surface area contributed by atoms with Crippen LogP contribution in [0.1, 0.15) is 27.2 Å². The van der Waals surface area contributed by atoms with E-state index >= 15 is 0 Å². The van der Waals surface area contributed by atoms with E-state index in [4.69, 9.17) is 14.6 Å². The zero-order chi connectivity index (χ0) is 9.19. The van der Waals surface area contributed by atoms with Crippen molar-refractivity contribution in [1.29, 1.82) is 0 Å². The molecule has 0 aromatic heterocycles. The zero-order valence-electron chi connectivity index (χ0n) is 8.04. The van der Waals surface area contributed by atoms with E-state index < -0.39 is 0 Å². The van der Waals surface area contributed by atoms with Crippen LogP contribution < -0.4 is 0 Å². The first kappa shape index (κ1) is 9.96.